The summed E-state index contributed by atoms with van der Waals surface area (Å²) in [6.07, 6.45) is -1.36. The highest BCUT2D eigenvalue weighted by atomic mass is 19.3. The standard InChI is InChI=1S/C19H20F3N5O4/c1-9(18(23)29)24-11-3-2-10-16(15(11)20)31-5-4-26-6-13(25-19(10)26)27-12(17(21)22)7-30-8-14(27)28/h2-3,6,9,12,17,24H,4-5,7-8H2,1H3,(H2,23,29)/t9-,12?/m0/s1. The molecule has 2 atom stereocenters. The quantitative estimate of drug-likeness (QED) is 0.728. The van der Waals surface area contributed by atoms with Crippen LogP contribution in [0.2, 0.25) is 0 Å². The maximum absolute atomic E-state index is 15.1. The molecule has 4 rings (SSSR count). The van der Waals surface area contributed by atoms with E-state index in [4.69, 9.17) is 15.2 Å². The first kappa shape index (κ1) is 21.0. The summed E-state index contributed by atoms with van der Waals surface area (Å²) in [5.74, 6) is -1.82. The van der Waals surface area contributed by atoms with E-state index in [1.165, 1.54) is 25.3 Å². The number of halogens is 3. The highest BCUT2D eigenvalue weighted by Gasteiger charge is 2.38. The number of fused-ring (bicyclic) bond motifs is 3. The highest BCUT2D eigenvalue weighted by Crippen LogP contribution is 2.39. The molecular formula is C19H20F3N5O4. The van der Waals surface area contributed by atoms with Gasteiger partial charge in [0, 0.05) is 6.20 Å². The molecule has 2 amide bonds. The van der Waals surface area contributed by atoms with Gasteiger partial charge in [-0.05, 0) is 19.1 Å². The molecule has 12 heteroatoms. The fourth-order valence-corrected chi connectivity index (χ4v) is 3.52. The number of morpholine rings is 1. The molecule has 2 aliphatic rings. The Morgan fingerprint density at radius 3 is 2.87 bits per heavy atom. The number of carbonyl (C=O) groups excluding carboxylic acids is 2. The maximum atomic E-state index is 15.1. The Morgan fingerprint density at radius 1 is 1.39 bits per heavy atom. The third-order valence-electron chi connectivity index (χ3n) is 5.13. The number of ether oxygens (including phenoxy) is 2. The van der Waals surface area contributed by atoms with E-state index in [9.17, 15) is 18.4 Å². The number of anilines is 2. The molecule has 1 aromatic heterocycles. The lowest BCUT2D eigenvalue weighted by atomic mass is 10.1. The summed E-state index contributed by atoms with van der Waals surface area (Å²) in [6.45, 7) is 1.19. The Morgan fingerprint density at radius 2 is 2.16 bits per heavy atom. The molecule has 3 heterocycles. The number of imidazole rings is 1. The number of nitrogens with two attached hydrogens (primary N) is 1. The van der Waals surface area contributed by atoms with E-state index in [0.717, 1.165) is 4.90 Å². The fraction of sp³-hybridized carbons (Fsp3) is 0.421. The molecule has 0 saturated carbocycles. The smallest absolute Gasteiger partial charge is 0.261 e. The zero-order valence-electron chi connectivity index (χ0n) is 16.5. The number of alkyl halides is 2. The molecule has 1 unspecified atom stereocenters. The molecule has 2 aromatic rings. The van der Waals surface area contributed by atoms with Gasteiger partial charge in [0.05, 0.1) is 24.4 Å². The van der Waals surface area contributed by atoms with E-state index in [1.807, 2.05) is 0 Å². The van der Waals surface area contributed by atoms with Crippen molar-refractivity contribution in [2.75, 3.05) is 30.0 Å². The fourth-order valence-electron chi connectivity index (χ4n) is 3.52. The van der Waals surface area contributed by atoms with Crippen molar-refractivity contribution < 1.29 is 32.2 Å². The summed E-state index contributed by atoms with van der Waals surface area (Å²) in [5.41, 5.74) is 5.52. The third kappa shape index (κ3) is 3.78. The molecule has 2 aliphatic heterocycles. The summed E-state index contributed by atoms with van der Waals surface area (Å²) in [7, 11) is 0. The lowest BCUT2D eigenvalue weighted by molar-refractivity contribution is -0.130. The van der Waals surface area contributed by atoms with Gasteiger partial charge < -0.3 is 25.1 Å². The molecular weight excluding hydrogens is 419 g/mol. The SMILES string of the molecule is C[C@H](Nc1ccc2c(c1F)OCCn1cc(N3C(=O)COCC3C(F)F)nc1-2)C(N)=O. The Kier molecular flexibility index (Phi) is 5.48. The van der Waals surface area contributed by atoms with Crippen molar-refractivity contribution >= 4 is 23.3 Å². The van der Waals surface area contributed by atoms with E-state index in [-0.39, 0.29) is 55.0 Å². The molecule has 166 valence electrons. The van der Waals surface area contributed by atoms with Crippen LogP contribution >= 0.6 is 0 Å². The van der Waals surface area contributed by atoms with Gasteiger partial charge in [-0.15, -0.1) is 0 Å². The Labute approximate surface area is 174 Å². The van der Waals surface area contributed by atoms with Crippen LogP contribution in [0.5, 0.6) is 5.75 Å². The lowest BCUT2D eigenvalue weighted by Gasteiger charge is -2.33. The van der Waals surface area contributed by atoms with Gasteiger partial charge in [0.15, 0.2) is 17.4 Å². The van der Waals surface area contributed by atoms with E-state index in [2.05, 4.69) is 10.3 Å². The van der Waals surface area contributed by atoms with Crippen molar-refractivity contribution in [1.82, 2.24) is 9.55 Å². The minimum Gasteiger partial charge on any atom is -0.488 e. The Hall–Kier alpha value is -3.28. The van der Waals surface area contributed by atoms with Crippen LogP contribution in [0.4, 0.5) is 24.7 Å². The van der Waals surface area contributed by atoms with Crippen molar-refractivity contribution in [2.45, 2.75) is 32.0 Å². The predicted octanol–water partition coefficient (Wildman–Crippen LogP) is 1.36. The number of nitrogens with one attached hydrogen (secondary N) is 1. The van der Waals surface area contributed by atoms with Crippen LogP contribution in [-0.4, -0.2) is 59.7 Å². The Balaban J connectivity index is 1.74. The molecule has 3 N–H and O–H groups in total. The van der Waals surface area contributed by atoms with Crippen LogP contribution in [0.1, 0.15) is 6.92 Å². The third-order valence-corrected chi connectivity index (χ3v) is 5.13. The molecule has 1 aromatic carbocycles. The first-order chi connectivity index (χ1) is 14.8. The minimum absolute atomic E-state index is 0.0198. The van der Waals surface area contributed by atoms with Gasteiger partial charge in [-0.3, -0.25) is 14.5 Å². The van der Waals surface area contributed by atoms with Crippen molar-refractivity contribution in [3.63, 3.8) is 0 Å². The van der Waals surface area contributed by atoms with Crippen LogP contribution in [-0.2, 0) is 20.9 Å². The number of rotatable bonds is 5. The maximum Gasteiger partial charge on any atom is 0.261 e. The summed E-state index contributed by atoms with van der Waals surface area (Å²) >= 11 is 0. The van der Waals surface area contributed by atoms with Crippen LogP contribution in [0.3, 0.4) is 0 Å². The second-order valence-corrected chi connectivity index (χ2v) is 7.22. The normalized spacial score (nSPS) is 19.3. The number of nitrogens with zero attached hydrogens (tertiary/aromatic N) is 3. The van der Waals surface area contributed by atoms with Crippen molar-refractivity contribution in [2.24, 2.45) is 5.73 Å². The van der Waals surface area contributed by atoms with Gasteiger partial charge >= 0.3 is 0 Å². The molecule has 0 bridgehead atoms. The number of benzene rings is 1. The van der Waals surface area contributed by atoms with Gasteiger partial charge in [0.2, 0.25) is 5.91 Å². The second kappa shape index (κ2) is 8.10. The Bertz CT molecular complexity index is 1030. The average molecular weight is 439 g/mol. The van der Waals surface area contributed by atoms with Crippen molar-refractivity contribution in [3.8, 4) is 17.1 Å². The van der Waals surface area contributed by atoms with E-state index in [0.29, 0.717) is 0 Å². The monoisotopic (exact) mass is 439 g/mol. The molecule has 0 radical (unpaired) electrons. The average Bonchev–Trinajstić information content (AvgIpc) is 3.05. The molecule has 9 nitrogen and oxygen atoms in total. The first-order valence-corrected chi connectivity index (χ1v) is 9.54. The predicted molar refractivity (Wildman–Crippen MR) is 103 cm³/mol. The number of primary amides is 1. The lowest BCUT2D eigenvalue weighted by Crippen LogP contribution is -2.53. The minimum atomic E-state index is -2.82. The van der Waals surface area contributed by atoms with Gasteiger partial charge in [-0.1, -0.05) is 0 Å². The number of hydrogen-bond acceptors (Lipinski definition) is 6. The van der Waals surface area contributed by atoms with E-state index in [1.54, 1.807) is 4.57 Å². The van der Waals surface area contributed by atoms with Crippen molar-refractivity contribution in [1.29, 1.82) is 0 Å². The number of carbonyl (C=O) groups is 2. The summed E-state index contributed by atoms with van der Waals surface area (Å²) in [6, 6.07) is 0.664. The summed E-state index contributed by atoms with van der Waals surface area (Å²) in [5, 5.41) is 2.68. The van der Waals surface area contributed by atoms with Gasteiger partial charge in [-0.25, -0.2) is 18.2 Å². The molecule has 0 spiro atoms. The molecule has 1 saturated heterocycles. The summed E-state index contributed by atoms with van der Waals surface area (Å²) in [4.78, 5) is 28.8. The van der Waals surface area contributed by atoms with Crippen LogP contribution < -0.4 is 20.7 Å². The van der Waals surface area contributed by atoms with Crippen LogP contribution in [0.25, 0.3) is 11.4 Å². The van der Waals surface area contributed by atoms with Gasteiger partial charge in [0.25, 0.3) is 12.3 Å². The first-order valence-electron chi connectivity index (χ1n) is 9.54. The number of hydrogen-bond donors (Lipinski definition) is 2. The van der Waals surface area contributed by atoms with Crippen LogP contribution in [0, 0.1) is 5.82 Å². The van der Waals surface area contributed by atoms with Gasteiger partial charge in [-0.2, -0.15) is 0 Å². The molecule has 1 fully saturated rings. The second-order valence-electron chi connectivity index (χ2n) is 7.22. The van der Waals surface area contributed by atoms with E-state index >= 15 is 4.39 Å². The molecule has 31 heavy (non-hydrogen) atoms. The number of amides is 2. The zero-order chi connectivity index (χ0) is 22.3. The zero-order valence-corrected chi connectivity index (χ0v) is 16.5. The van der Waals surface area contributed by atoms with Gasteiger partial charge in [0.1, 0.15) is 31.1 Å². The highest BCUT2D eigenvalue weighted by molar-refractivity contribution is 5.95. The van der Waals surface area contributed by atoms with E-state index < -0.39 is 36.1 Å². The number of aromatic nitrogens is 2. The topological polar surface area (TPSA) is 112 Å². The van der Waals surface area contributed by atoms with Crippen molar-refractivity contribution in [3.05, 3.63) is 24.1 Å². The van der Waals surface area contributed by atoms with Crippen LogP contribution in [0.15, 0.2) is 18.3 Å². The largest absolute Gasteiger partial charge is 0.488 e. The summed E-state index contributed by atoms with van der Waals surface area (Å²) < 4.78 is 54.1. The molecule has 0 aliphatic carbocycles.